The number of nitrogens with zero attached hydrogens (tertiary/aromatic N) is 2. The summed E-state index contributed by atoms with van der Waals surface area (Å²) >= 11 is 1.42. The third-order valence-electron chi connectivity index (χ3n) is 4.63. The zero-order valence-corrected chi connectivity index (χ0v) is 17.8. The molecule has 3 rings (SSSR count). The summed E-state index contributed by atoms with van der Waals surface area (Å²) in [5.41, 5.74) is 2.44. The third-order valence-corrected chi connectivity index (χ3v) is 5.52. The molecule has 0 fully saturated rings. The van der Waals surface area contributed by atoms with Crippen molar-refractivity contribution in [2.24, 2.45) is 0 Å². The monoisotopic (exact) mass is 411 g/mol. The van der Waals surface area contributed by atoms with Crippen LogP contribution in [-0.4, -0.2) is 50.7 Å². The maximum Gasteiger partial charge on any atom is 0.270 e. The zero-order valence-electron chi connectivity index (χ0n) is 17.0. The lowest BCUT2D eigenvalue weighted by atomic mass is 10.1. The number of amides is 1. The molecule has 1 atom stereocenters. The van der Waals surface area contributed by atoms with Crippen LogP contribution >= 0.6 is 11.3 Å². The Morgan fingerprint density at radius 1 is 1.10 bits per heavy atom. The van der Waals surface area contributed by atoms with Gasteiger partial charge in [0.2, 0.25) is 0 Å². The first kappa shape index (κ1) is 20.8. The van der Waals surface area contributed by atoms with Crippen molar-refractivity contribution >= 4 is 17.2 Å². The summed E-state index contributed by atoms with van der Waals surface area (Å²) in [5, 5.41) is 5.53. The summed E-state index contributed by atoms with van der Waals surface area (Å²) in [6.45, 7) is 0.499. The van der Waals surface area contributed by atoms with E-state index < -0.39 is 0 Å². The minimum atomic E-state index is -0.184. The fourth-order valence-corrected chi connectivity index (χ4v) is 3.83. The highest BCUT2D eigenvalue weighted by atomic mass is 32.1. The Hall–Kier alpha value is -2.90. The molecule has 0 aliphatic carbocycles. The summed E-state index contributed by atoms with van der Waals surface area (Å²) in [5.74, 6) is 1.10. The van der Waals surface area contributed by atoms with Gasteiger partial charge in [0.25, 0.3) is 5.91 Å². The molecule has 0 aliphatic heterocycles. The molecular weight excluding hydrogens is 386 g/mol. The normalized spacial score (nSPS) is 11.9. The van der Waals surface area contributed by atoms with Crippen LogP contribution in [-0.2, 0) is 0 Å². The van der Waals surface area contributed by atoms with Gasteiger partial charge >= 0.3 is 0 Å². The number of hydrogen-bond acceptors (Lipinski definition) is 6. The number of rotatable bonds is 8. The van der Waals surface area contributed by atoms with Gasteiger partial charge in [0.1, 0.15) is 10.7 Å². The minimum Gasteiger partial charge on any atom is -0.493 e. The number of methoxy groups -OCH3 is 2. The molecule has 0 radical (unpaired) electrons. The Kier molecular flexibility index (Phi) is 6.85. The van der Waals surface area contributed by atoms with E-state index in [1.54, 1.807) is 19.6 Å². The van der Waals surface area contributed by atoms with Crippen LogP contribution < -0.4 is 14.8 Å². The van der Waals surface area contributed by atoms with Crippen molar-refractivity contribution in [2.75, 3.05) is 34.9 Å². The number of carbonyl (C=O) groups excluding carboxylic acids is 1. The Morgan fingerprint density at radius 2 is 1.83 bits per heavy atom. The molecule has 2 aromatic carbocycles. The summed E-state index contributed by atoms with van der Waals surface area (Å²) in [4.78, 5) is 19.2. The van der Waals surface area contributed by atoms with Gasteiger partial charge in [-0.2, -0.15) is 0 Å². The van der Waals surface area contributed by atoms with E-state index in [-0.39, 0.29) is 11.9 Å². The van der Waals surface area contributed by atoms with Gasteiger partial charge in [0.05, 0.1) is 20.3 Å². The summed E-state index contributed by atoms with van der Waals surface area (Å²) in [6.07, 6.45) is 0. The van der Waals surface area contributed by atoms with Gasteiger partial charge in [-0.25, -0.2) is 4.98 Å². The molecule has 152 valence electrons. The molecule has 0 aliphatic rings. The lowest BCUT2D eigenvalue weighted by molar-refractivity contribution is 0.0937. The van der Waals surface area contributed by atoms with Crippen molar-refractivity contribution in [3.8, 4) is 22.1 Å². The Balaban J connectivity index is 1.71. The number of aromatic nitrogens is 1. The van der Waals surface area contributed by atoms with Gasteiger partial charge in [-0.05, 0) is 37.9 Å². The van der Waals surface area contributed by atoms with E-state index in [1.165, 1.54) is 11.3 Å². The second-order valence-electron chi connectivity index (χ2n) is 6.71. The van der Waals surface area contributed by atoms with Crippen LogP contribution in [0.3, 0.4) is 0 Å². The molecule has 0 unspecified atom stereocenters. The van der Waals surface area contributed by atoms with Crippen molar-refractivity contribution < 1.29 is 14.3 Å². The van der Waals surface area contributed by atoms with Gasteiger partial charge in [-0.1, -0.05) is 30.3 Å². The van der Waals surface area contributed by atoms with Crippen molar-refractivity contribution in [1.29, 1.82) is 0 Å². The van der Waals surface area contributed by atoms with Crippen LogP contribution in [0.15, 0.2) is 53.9 Å². The van der Waals surface area contributed by atoms with E-state index in [0.717, 1.165) is 16.1 Å². The maximum atomic E-state index is 12.6. The summed E-state index contributed by atoms with van der Waals surface area (Å²) < 4.78 is 10.6. The Morgan fingerprint density at radius 3 is 2.48 bits per heavy atom. The van der Waals surface area contributed by atoms with Gasteiger partial charge in [0, 0.05) is 17.5 Å². The minimum absolute atomic E-state index is 0.0871. The van der Waals surface area contributed by atoms with E-state index in [9.17, 15) is 4.79 Å². The molecule has 0 saturated heterocycles. The maximum absolute atomic E-state index is 12.6. The predicted molar refractivity (Wildman–Crippen MR) is 116 cm³/mol. The van der Waals surface area contributed by atoms with Crippen LogP contribution in [0.25, 0.3) is 10.6 Å². The molecule has 6 nitrogen and oxygen atoms in total. The lowest BCUT2D eigenvalue weighted by Gasteiger charge is -2.24. The zero-order chi connectivity index (χ0) is 20.8. The Bertz CT molecular complexity index is 957. The third kappa shape index (κ3) is 4.93. The molecular formula is C22H25N3O3S. The average molecular weight is 412 g/mol. The first-order chi connectivity index (χ1) is 14.0. The van der Waals surface area contributed by atoms with Crippen LogP contribution in [0.1, 0.15) is 22.1 Å². The SMILES string of the molecule is COc1ccc(-c2nc(C(=O)NC[C@H](c3ccccc3)N(C)C)cs2)cc1OC. The number of ether oxygens (including phenoxy) is 2. The first-order valence-electron chi connectivity index (χ1n) is 9.21. The van der Waals surface area contributed by atoms with E-state index in [2.05, 4.69) is 27.3 Å². The van der Waals surface area contributed by atoms with Gasteiger partial charge in [0.15, 0.2) is 11.5 Å². The summed E-state index contributed by atoms with van der Waals surface area (Å²) in [6, 6.07) is 15.8. The molecule has 3 aromatic rings. The van der Waals surface area contributed by atoms with Crippen LogP contribution in [0.5, 0.6) is 11.5 Å². The highest BCUT2D eigenvalue weighted by Gasteiger charge is 2.18. The van der Waals surface area contributed by atoms with E-state index in [0.29, 0.717) is 23.7 Å². The smallest absolute Gasteiger partial charge is 0.270 e. The first-order valence-corrected chi connectivity index (χ1v) is 10.1. The average Bonchev–Trinajstić information content (AvgIpc) is 3.24. The van der Waals surface area contributed by atoms with E-state index in [1.807, 2.05) is 50.5 Å². The van der Waals surface area contributed by atoms with Crippen molar-refractivity contribution in [1.82, 2.24) is 15.2 Å². The molecule has 0 bridgehead atoms. The standard InChI is InChI=1S/C22H25N3O3S/c1-25(2)18(15-8-6-5-7-9-15)13-23-21(26)17-14-29-22(24-17)16-10-11-19(27-3)20(12-16)28-4/h5-12,14,18H,13H2,1-4H3,(H,23,26)/t18-/m1/s1. The van der Waals surface area contributed by atoms with Crippen molar-refractivity contribution in [3.05, 3.63) is 65.2 Å². The molecule has 7 heteroatoms. The molecule has 0 spiro atoms. The Labute approximate surface area is 175 Å². The number of carbonyl (C=O) groups is 1. The van der Waals surface area contributed by atoms with Gasteiger partial charge in [-0.3, -0.25) is 4.79 Å². The van der Waals surface area contributed by atoms with Crippen LogP contribution in [0.4, 0.5) is 0 Å². The van der Waals surface area contributed by atoms with Gasteiger partial charge in [-0.15, -0.1) is 11.3 Å². The van der Waals surface area contributed by atoms with Crippen LogP contribution in [0.2, 0.25) is 0 Å². The number of hydrogen-bond donors (Lipinski definition) is 1. The number of benzene rings is 2. The van der Waals surface area contributed by atoms with Crippen LogP contribution in [0, 0.1) is 0 Å². The second-order valence-corrected chi connectivity index (χ2v) is 7.57. The fourth-order valence-electron chi connectivity index (χ4n) is 3.03. The topological polar surface area (TPSA) is 63.7 Å². The predicted octanol–water partition coefficient (Wildman–Crippen LogP) is 3.86. The quantitative estimate of drug-likeness (QED) is 0.610. The number of likely N-dealkylation sites (N-methyl/N-ethyl adjacent to an activating group) is 1. The number of nitrogens with one attached hydrogen (secondary N) is 1. The van der Waals surface area contributed by atoms with E-state index >= 15 is 0 Å². The molecule has 1 amide bonds. The second kappa shape index (κ2) is 9.54. The fraction of sp³-hybridized carbons (Fsp3) is 0.273. The largest absolute Gasteiger partial charge is 0.493 e. The molecule has 29 heavy (non-hydrogen) atoms. The van der Waals surface area contributed by atoms with E-state index in [4.69, 9.17) is 9.47 Å². The molecule has 1 heterocycles. The summed E-state index contributed by atoms with van der Waals surface area (Å²) in [7, 11) is 7.19. The van der Waals surface area contributed by atoms with Crippen molar-refractivity contribution in [3.63, 3.8) is 0 Å². The lowest BCUT2D eigenvalue weighted by Crippen LogP contribution is -2.34. The van der Waals surface area contributed by atoms with Gasteiger partial charge < -0.3 is 19.7 Å². The van der Waals surface area contributed by atoms with Crippen molar-refractivity contribution in [2.45, 2.75) is 6.04 Å². The number of thiazole rings is 1. The highest BCUT2D eigenvalue weighted by Crippen LogP contribution is 2.33. The molecule has 1 N–H and O–H groups in total. The highest BCUT2D eigenvalue weighted by molar-refractivity contribution is 7.13. The molecule has 0 saturated carbocycles. The molecule has 1 aromatic heterocycles.